The first-order chi connectivity index (χ1) is 8.66. The predicted octanol–water partition coefficient (Wildman–Crippen LogP) is 2.28. The summed E-state index contributed by atoms with van der Waals surface area (Å²) in [6.07, 6.45) is 7.20. The number of hydrogen-bond acceptors (Lipinski definition) is 4. The van der Waals surface area contributed by atoms with E-state index in [1.54, 1.807) is 18.3 Å². The Morgan fingerprint density at radius 3 is 2.94 bits per heavy atom. The number of carbonyl (C=O) groups is 1. The zero-order valence-corrected chi connectivity index (χ0v) is 9.45. The molecule has 3 rings (SSSR count). The maximum atomic E-state index is 11.3. The quantitative estimate of drug-likeness (QED) is 0.559. The highest BCUT2D eigenvalue weighted by molar-refractivity contribution is 5.94. The summed E-state index contributed by atoms with van der Waals surface area (Å²) in [5.41, 5.74) is 1.46. The molecule has 0 aliphatic carbocycles. The highest BCUT2D eigenvalue weighted by Crippen LogP contribution is 2.37. The van der Waals surface area contributed by atoms with Gasteiger partial charge in [0.1, 0.15) is 0 Å². The molecule has 0 radical (unpaired) electrons. The SMILES string of the molecule is O=C1C=CN2c3cccc([N+](=O)[O-])c3C=C[C@@H]2C1. The van der Waals surface area contributed by atoms with Crippen LogP contribution in [-0.4, -0.2) is 16.7 Å². The lowest BCUT2D eigenvalue weighted by Crippen LogP contribution is -2.36. The lowest BCUT2D eigenvalue weighted by atomic mass is 9.96. The third kappa shape index (κ3) is 1.52. The number of rotatable bonds is 1. The van der Waals surface area contributed by atoms with Crippen LogP contribution in [0.15, 0.2) is 36.6 Å². The zero-order valence-electron chi connectivity index (χ0n) is 9.45. The molecule has 0 fully saturated rings. The molecule has 0 bridgehead atoms. The smallest absolute Gasteiger partial charge is 0.278 e. The number of nitro benzene ring substituents is 1. The molecular formula is C13H10N2O3. The Hall–Kier alpha value is -2.43. The summed E-state index contributed by atoms with van der Waals surface area (Å²) in [7, 11) is 0. The second kappa shape index (κ2) is 3.80. The first-order valence-corrected chi connectivity index (χ1v) is 5.62. The van der Waals surface area contributed by atoms with Crippen LogP contribution in [0.3, 0.4) is 0 Å². The lowest BCUT2D eigenvalue weighted by molar-refractivity contribution is -0.385. The van der Waals surface area contributed by atoms with Crippen LogP contribution in [0.4, 0.5) is 11.4 Å². The van der Waals surface area contributed by atoms with Crippen molar-refractivity contribution in [2.24, 2.45) is 0 Å². The third-order valence-corrected chi connectivity index (χ3v) is 3.21. The summed E-state index contributed by atoms with van der Waals surface area (Å²) in [5.74, 6) is 0.0785. The van der Waals surface area contributed by atoms with Crippen LogP contribution in [-0.2, 0) is 4.79 Å². The predicted molar refractivity (Wildman–Crippen MR) is 67.2 cm³/mol. The number of nitro groups is 1. The zero-order chi connectivity index (χ0) is 12.7. The molecule has 0 amide bonds. The molecule has 18 heavy (non-hydrogen) atoms. The van der Waals surface area contributed by atoms with Gasteiger partial charge in [0, 0.05) is 18.7 Å². The van der Waals surface area contributed by atoms with Gasteiger partial charge < -0.3 is 4.90 Å². The van der Waals surface area contributed by atoms with Gasteiger partial charge in [-0.05, 0) is 18.2 Å². The van der Waals surface area contributed by atoms with E-state index in [0.717, 1.165) is 5.69 Å². The Morgan fingerprint density at radius 1 is 1.33 bits per heavy atom. The molecule has 5 heteroatoms. The number of carbonyl (C=O) groups excluding carboxylic acids is 1. The number of allylic oxidation sites excluding steroid dienone is 1. The highest BCUT2D eigenvalue weighted by atomic mass is 16.6. The molecule has 0 unspecified atom stereocenters. The second-order valence-electron chi connectivity index (χ2n) is 4.29. The van der Waals surface area contributed by atoms with Crippen molar-refractivity contribution in [2.75, 3.05) is 4.90 Å². The number of fused-ring (bicyclic) bond motifs is 3. The van der Waals surface area contributed by atoms with E-state index in [4.69, 9.17) is 0 Å². The van der Waals surface area contributed by atoms with Crippen LogP contribution in [0.25, 0.3) is 6.08 Å². The fraction of sp³-hybridized carbons (Fsp3) is 0.154. The standard InChI is InChI=1S/C13H10N2O3/c16-10-6-7-14-9(8-10)4-5-11-12(14)2-1-3-13(11)15(17)18/h1-7,9H,8H2/t9-/m1/s1. The van der Waals surface area contributed by atoms with Crippen molar-refractivity contribution in [2.45, 2.75) is 12.5 Å². The molecule has 2 aliphatic heterocycles. The maximum Gasteiger partial charge on any atom is 0.278 e. The first kappa shape index (κ1) is 10.7. The van der Waals surface area contributed by atoms with E-state index in [2.05, 4.69) is 0 Å². The molecule has 0 saturated heterocycles. The van der Waals surface area contributed by atoms with Gasteiger partial charge in [0.25, 0.3) is 5.69 Å². The van der Waals surface area contributed by atoms with Crippen LogP contribution >= 0.6 is 0 Å². The second-order valence-corrected chi connectivity index (χ2v) is 4.29. The molecule has 0 spiro atoms. The third-order valence-electron chi connectivity index (χ3n) is 3.21. The molecule has 90 valence electrons. The van der Waals surface area contributed by atoms with Crippen molar-refractivity contribution >= 4 is 23.2 Å². The van der Waals surface area contributed by atoms with Crippen molar-refractivity contribution in [1.82, 2.24) is 0 Å². The van der Waals surface area contributed by atoms with E-state index in [9.17, 15) is 14.9 Å². The van der Waals surface area contributed by atoms with Gasteiger partial charge in [-0.2, -0.15) is 0 Å². The van der Waals surface area contributed by atoms with Gasteiger partial charge in [-0.1, -0.05) is 12.1 Å². The van der Waals surface area contributed by atoms with Crippen LogP contribution in [0.5, 0.6) is 0 Å². The normalized spacial score (nSPS) is 20.6. The molecule has 2 aliphatic rings. The van der Waals surface area contributed by atoms with E-state index in [-0.39, 0.29) is 22.4 Å². The Bertz CT molecular complexity index is 604. The first-order valence-electron chi connectivity index (χ1n) is 5.62. The monoisotopic (exact) mass is 242 g/mol. The van der Waals surface area contributed by atoms with E-state index in [1.807, 2.05) is 17.0 Å². The minimum absolute atomic E-state index is 0.0306. The minimum atomic E-state index is -0.387. The minimum Gasteiger partial charge on any atom is -0.340 e. The molecule has 1 atom stereocenters. The fourth-order valence-electron chi connectivity index (χ4n) is 2.37. The van der Waals surface area contributed by atoms with Crippen LogP contribution in [0.2, 0.25) is 0 Å². The van der Waals surface area contributed by atoms with Crippen molar-refractivity contribution in [1.29, 1.82) is 0 Å². The average molecular weight is 242 g/mol. The molecule has 0 aromatic heterocycles. The van der Waals surface area contributed by atoms with Gasteiger partial charge in [-0.15, -0.1) is 0 Å². The number of hydrogen-bond donors (Lipinski definition) is 0. The van der Waals surface area contributed by atoms with Crippen molar-refractivity contribution in [3.8, 4) is 0 Å². The molecule has 1 aromatic rings. The van der Waals surface area contributed by atoms with E-state index in [0.29, 0.717) is 12.0 Å². The fourth-order valence-corrected chi connectivity index (χ4v) is 2.37. The molecular weight excluding hydrogens is 232 g/mol. The van der Waals surface area contributed by atoms with Gasteiger partial charge in [0.15, 0.2) is 5.78 Å². The Labute approximate surface area is 103 Å². The van der Waals surface area contributed by atoms with Crippen LogP contribution in [0, 0.1) is 10.1 Å². The van der Waals surface area contributed by atoms with Crippen molar-refractivity contribution in [3.05, 3.63) is 52.2 Å². The van der Waals surface area contributed by atoms with Gasteiger partial charge in [0.05, 0.1) is 22.2 Å². The summed E-state index contributed by atoms with van der Waals surface area (Å²) in [6, 6.07) is 4.95. The molecule has 0 saturated carbocycles. The van der Waals surface area contributed by atoms with Crippen LogP contribution < -0.4 is 4.90 Å². The van der Waals surface area contributed by atoms with Crippen molar-refractivity contribution < 1.29 is 9.72 Å². The Kier molecular flexibility index (Phi) is 2.26. The number of anilines is 1. The van der Waals surface area contributed by atoms with E-state index < -0.39 is 0 Å². The number of ketones is 1. The van der Waals surface area contributed by atoms with E-state index >= 15 is 0 Å². The van der Waals surface area contributed by atoms with Gasteiger partial charge >= 0.3 is 0 Å². The summed E-state index contributed by atoms with van der Waals surface area (Å²) in [4.78, 5) is 23.8. The Balaban J connectivity index is 2.15. The lowest BCUT2D eigenvalue weighted by Gasteiger charge is -2.34. The molecule has 2 heterocycles. The summed E-state index contributed by atoms with van der Waals surface area (Å²) in [6.45, 7) is 0. The van der Waals surface area contributed by atoms with E-state index in [1.165, 1.54) is 12.1 Å². The Morgan fingerprint density at radius 2 is 2.17 bits per heavy atom. The van der Waals surface area contributed by atoms with Crippen molar-refractivity contribution in [3.63, 3.8) is 0 Å². The summed E-state index contributed by atoms with van der Waals surface area (Å²) < 4.78 is 0. The largest absolute Gasteiger partial charge is 0.340 e. The summed E-state index contributed by atoms with van der Waals surface area (Å²) >= 11 is 0. The van der Waals surface area contributed by atoms with Crippen LogP contribution in [0.1, 0.15) is 12.0 Å². The van der Waals surface area contributed by atoms with Gasteiger partial charge in [-0.3, -0.25) is 14.9 Å². The molecule has 1 aromatic carbocycles. The maximum absolute atomic E-state index is 11.3. The summed E-state index contributed by atoms with van der Waals surface area (Å²) in [5, 5.41) is 11.0. The highest BCUT2D eigenvalue weighted by Gasteiger charge is 2.29. The average Bonchev–Trinajstić information content (AvgIpc) is 2.37. The molecule has 5 nitrogen and oxygen atoms in total. The van der Waals surface area contributed by atoms with Gasteiger partial charge in [-0.25, -0.2) is 0 Å². The number of nitrogens with zero attached hydrogens (tertiary/aromatic N) is 2. The van der Waals surface area contributed by atoms with Gasteiger partial charge in [0.2, 0.25) is 0 Å². The topological polar surface area (TPSA) is 63.5 Å². The number of benzene rings is 1. The molecule has 0 N–H and O–H groups in total.